The second-order valence-corrected chi connectivity index (χ2v) is 6.48. The first kappa shape index (κ1) is 18.3. The van der Waals surface area contributed by atoms with Crippen molar-refractivity contribution in [3.8, 4) is 5.75 Å². The van der Waals surface area contributed by atoms with Gasteiger partial charge in [0.25, 0.3) is 0 Å². The molecule has 0 fully saturated rings. The Balaban J connectivity index is 2.36. The van der Waals surface area contributed by atoms with E-state index in [1.54, 1.807) is 19.2 Å². The van der Waals surface area contributed by atoms with Gasteiger partial charge in [-0.3, -0.25) is 9.59 Å². The number of carbonyl (C=O) groups excluding carboxylic acids is 2. The highest BCUT2D eigenvalue weighted by molar-refractivity contribution is 6.32. The van der Waals surface area contributed by atoms with Crippen molar-refractivity contribution >= 4 is 23.4 Å². The van der Waals surface area contributed by atoms with E-state index >= 15 is 0 Å². The van der Waals surface area contributed by atoms with Crippen LogP contribution in [0.5, 0.6) is 5.75 Å². The molecule has 0 heterocycles. The molecule has 1 N–H and O–H groups in total. The van der Waals surface area contributed by atoms with E-state index in [9.17, 15) is 9.59 Å². The largest absolute Gasteiger partial charge is 0.491 e. The van der Waals surface area contributed by atoms with Crippen LogP contribution in [0.4, 0.5) is 0 Å². The molecular formula is C16H23ClN2O3. The monoisotopic (exact) mass is 326 g/mol. The van der Waals surface area contributed by atoms with E-state index in [1.165, 1.54) is 4.90 Å². The molecule has 22 heavy (non-hydrogen) atoms. The quantitative estimate of drug-likeness (QED) is 0.873. The fourth-order valence-electron chi connectivity index (χ4n) is 1.76. The lowest BCUT2D eigenvalue weighted by Crippen LogP contribution is -2.46. The van der Waals surface area contributed by atoms with E-state index in [1.807, 2.05) is 32.9 Å². The molecule has 0 aromatic heterocycles. The van der Waals surface area contributed by atoms with Gasteiger partial charge in [-0.15, -0.1) is 0 Å². The van der Waals surface area contributed by atoms with Crippen molar-refractivity contribution in [2.24, 2.45) is 0 Å². The van der Waals surface area contributed by atoms with Gasteiger partial charge in [-0.2, -0.15) is 0 Å². The third-order valence-corrected chi connectivity index (χ3v) is 3.04. The number of hydrogen-bond acceptors (Lipinski definition) is 3. The predicted molar refractivity (Wildman–Crippen MR) is 87.1 cm³/mol. The molecule has 0 atom stereocenters. The summed E-state index contributed by atoms with van der Waals surface area (Å²) < 4.78 is 5.46. The van der Waals surface area contributed by atoms with Crippen molar-refractivity contribution in [1.82, 2.24) is 10.2 Å². The molecule has 0 aliphatic rings. The maximum absolute atomic E-state index is 12.0. The number of halogens is 1. The highest BCUT2D eigenvalue weighted by atomic mass is 35.5. The number of ether oxygens (including phenoxy) is 1. The predicted octanol–water partition coefficient (Wildman–Crippen LogP) is 2.48. The summed E-state index contributed by atoms with van der Waals surface area (Å²) >= 11 is 5.96. The molecule has 0 aliphatic carbocycles. The number of carbonyl (C=O) groups is 2. The van der Waals surface area contributed by atoms with Gasteiger partial charge < -0.3 is 15.0 Å². The minimum absolute atomic E-state index is 0.0300. The lowest BCUT2D eigenvalue weighted by atomic mass is 10.1. The van der Waals surface area contributed by atoms with Crippen molar-refractivity contribution in [2.75, 3.05) is 20.2 Å². The fourth-order valence-corrected chi connectivity index (χ4v) is 1.95. The lowest BCUT2D eigenvalue weighted by molar-refractivity contribution is -0.135. The Labute approximate surface area is 136 Å². The molecule has 5 nitrogen and oxygen atoms in total. The zero-order valence-electron chi connectivity index (χ0n) is 13.5. The molecular weight excluding hydrogens is 304 g/mol. The van der Waals surface area contributed by atoms with Crippen LogP contribution in [0.1, 0.15) is 27.2 Å². The second kappa shape index (κ2) is 8.03. The number of hydrogen-bond donors (Lipinski definition) is 1. The zero-order chi connectivity index (χ0) is 16.8. The van der Waals surface area contributed by atoms with Gasteiger partial charge in [-0.25, -0.2) is 0 Å². The molecule has 0 saturated heterocycles. The van der Waals surface area contributed by atoms with Crippen LogP contribution in [0.25, 0.3) is 0 Å². The summed E-state index contributed by atoms with van der Waals surface area (Å²) in [5, 5.41) is 3.32. The number of benzene rings is 1. The minimum Gasteiger partial charge on any atom is -0.491 e. The maximum atomic E-state index is 12.0. The normalized spacial score (nSPS) is 11.0. The summed E-state index contributed by atoms with van der Waals surface area (Å²) in [4.78, 5) is 25.1. The van der Waals surface area contributed by atoms with Crippen LogP contribution in [-0.2, 0) is 9.59 Å². The Hall–Kier alpha value is -1.75. The van der Waals surface area contributed by atoms with Gasteiger partial charge in [0.1, 0.15) is 5.75 Å². The minimum atomic E-state index is -0.311. The molecule has 0 spiro atoms. The number of nitrogens with one attached hydrogen (secondary N) is 1. The third-order valence-electron chi connectivity index (χ3n) is 2.73. The Kier molecular flexibility index (Phi) is 6.68. The first-order valence-corrected chi connectivity index (χ1v) is 7.49. The SMILES string of the molecule is CN(CC(=O)NC(C)(C)C)C(=O)CCOc1ccccc1Cl. The maximum Gasteiger partial charge on any atom is 0.240 e. The molecule has 2 amide bonds. The van der Waals surface area contributed by atoms with E-state index in [4.69, 9.17) is 16.3 Å². The van der Waals surface area contributed by atoms with E-state index in [-0.39, 0.29) is 36.9 Å². The van der Waals surface area contributed by atoms with E-state index < -0.39 is 0 Å². The highest BCUT2D eigenvalue weighted by Gasteiger charge is 2.17. The number of rotatable bonds is 6. The first-order chi connectivity index (χ1) is 10.2. The van der Waals surface area contributed by atoms with E-state index in [0.717, 1.165) is 0 Å². The van der Waals surface area contributed by atoms with Gasteiger partial charge in [0.2, 0.25) is 11.8 Å². The van der Waals surface area contributed by atoms with Gasteiger partial charge in [-0.05, 0) is 32.9 Å². The lowest BCUT2D eigenvalue weighted by Gasteiger charge is -2.23. The van der Waals surface area contributed by atoms with Crippen LogP contribution in [-0.4, -0.2) is 42.5 Å². The highest BCUT2D eigenvalue weighted by Crippen LogP contribution is 2.23. The molecule has 1 aromatic rings. The van der Waals surface area contributed by atoms with Crippen molar-refractivity contribution in [3.63, 3.8) is 0 Å². The smallest absolute Gasteiger partial charge is 0.240 e. The molecule has 1 rings (SSSR count). The van der Waals surface area contributed by atoms with Crippen LogP contribution in [0, 0.1) is 0 Å². The van der Waals surface area contributed by atoms with Gasteiger partial charge in [0.15, 0.2) is 0 Å². The summed E-state index contributed by atoms with van der Waals surface area (Å²) in [6.07, 6.45) is 0.185. The van der Waals surface area contributed by atoms with Crippen LogP contribution < -0.4 is 10.1 Å². The molecule has 0 aliphatic heterocycles. The van der Waals surface area contributed by atoms with Gasteiger partial charge in [-0.1, -0.05) is 23.7 Å². The number of para-hydroxylation sites is 1. The molecule has 0 radical (unpaired) electrons. The summed E-state index contributed by atoms with van der Waals surface area (Å²) in [6, 6.07) is 7.09. The number of amides is 2. The van der Waals surface area contributed by atoms with Gasteiger partial charge in [0, 0.05) is 12.6 Å². The van der Waals surface area contributed by atoms with Crippen molar-refractivity contribution in [1.29, 1.82) is 0 Å². The van der Waals surface area contributed by atoms with Crippen LogP contribution >= 0.6 is 11.6 Å². The standard InChI is InChI=1S/C16H23ClN2O3/c1-16(2,3)18-14(20)11-19(4)15(21)9-10-22-13-8-6-5-7-12(13)17/h5-8H,9-11H2,1-4H3,(H,18,20). The van der Waals surface area contributed by atoms with E-state index in [2.05, 4.69) is 5.32 Å². The Morgan fingerprint density at radius 2 is 1.91 bits per heavy atom. The van der Waals surface area contributed by atoms with Crippen LogP contribution in [0.3, 0.4) is 0 Å². The molecule has 6 heteroatoms. The molecule has 0 unspecified atom stereocenters. The van der Waals surface area contributed by atoms with Crippen LogP contribution in [0.2, 0.25) is 5.02 Å². The topological polar surface area (TPSA) is 58.6 Å². The average molecular weight is 327 g/mol. The number of nitrogens with zero attached hydrogens (tertiary/aromatic N) is 1. The van der Waals surface area contributed by atoms with Crippen molar-refractivity contribution in [2.45, 2.75) is 32.7 Å². The zero-order valence-corrected chi connectivity index (χ0v) is 14.2. The Bertz CT molecular complexity index is 526. The Morgan fingerprint density at radius 3 is 2.50 bits per heavy atom. The molecule has 0 bridgehead atoms. The molecule has 1 aromatic carbocycles. The van der Waals surface area contributed by atoms with Gasteiger partial charge >= 0.3 is 0 Å². The Morgan fingerprint density at radius 1 is 1.27 bits per heavy atom. The first-order valence-electron chi connectivity index (χ1n) is 7.11. The van der Waals surface area contributed by atoms with Crippen LogP contribution in [0.15, 0.2) is 24.3 Å². The summed E-state index contributed by atoms with van der Waals surface area (Å²) in [5.74, 6) is 0.205. The second-order valence-electron chi connectivity index (χ2n) is 6.08. The molecule has 122 valence electrons. The third kappa shape index (κ3) is 6.80. The van der Waals surface area contributed by atoms with E-state index in [0.29, 0.717) is 10.8 Å². The van der Waals surface area contributed by atoms with Gasteiger partial charge in [0.05, 0.1) is 24.6 Å². The summed E-state index contributed by atoms with van der Waals surface area (Å²) in [6.45, 7) is 5.93. The fraction of sp³-hybridized carbons (Fsp3) is 0.500. The molecule has 0 saturated carbocycles. The number of likely N-dealkylation sites (N-methyl/N-ethyl adjacent to an activating group) is 1. The average Bonchev–Trinajstić information content (AvgIpc) is 2.38. The van der Waals surface area contributed by atoms with Crippen molar-refractivity contribution < 1.29 is 14.3 Å². The summed E-state index contributed by atoms with van der Waals surface area (Å²) in [7, 11) is 1.60. The van der Waals surface area contributed by atoms with Crippen molar-refractivity contribution in [3.05, 3.63) is 29.3 Å². The summed E-state index contributed by atoms with van der Waals surface area (Å²) in [5.41, 5.74) is -0.311.